The van der Waals surface area contributed by atoms with Gasteiger partial charge in [0.1, 0.15) is 6.61 Å². The molecule has 2 aliphatic rings. The van der Waals surface area contributed by atoms with Gasteiger partial charge in [0.25, 0.3) is 0 Å². The number of nitrogens with one attached hydrogen (secondary N) is 1. The molecule has 0 saturated carbocycles. The molecule has 1 heterocycles. The van der Waals surface area contributed by atoms with Crippen LogP contribution in [-0.4, -0.2) is 60.9 Å². The summed E-state index contributed by atoms with van der Waals surface area (Å²) in [5, 5.41) is 13.2. The molecule has 1 amide bonds. The Morgan fingerprint density at radius 1 is 1.25 bits per heavy atom. The van der Waals surface area contributed by atoms with Crippen LogP contribution >= 0.6 is 0 Å². The minimum atomic E-state index is 0.00471. The second-order valence-electron chi connectivity index (χ2n) is 8.26. The summed E-state index contributed by atoms with van der Waals surface area (Å²) in [4.78, 5) is 14.3. The molecule has 0 bridgehead atoms. The van der Waals surface area contributed by atoms with Gasteiger partial charge in [-0.25, -0.2) is 0 Å². The van der Waals surface area contributed by atoms with Crippen molar-refractivity contribution in [3.8, 4) is 0 Å². The predicted molar refractivity (Wildman–Crippen MR) is 112 cm³/mol. The number of rotatable bonds is 8. The van der Waals surface area contributed by atoms with Gasteiger partial charge in [-0.15, -0.1) is 0 Å². The van der Waals surface area contributed by atoms with Gasteiger partial charge in [-0.05, 0) is 56.2 Å². The summed E-state index contributed by atoms with van der Waals surface area (Å²) in [5.41, 5.74) is 3.99. The summed E-state index contributed by atoms with van der Waals surface area (Å²) in [6.45, 7) is 4.87. The summed E-state index contributed by atoms with van der Waals surface area (Å²) in [5.74, 6) is 0.209. The fraction of sp³-hybridized carbons (Fsp3) is 0.609. The van der Waals surface area contributed by atoms with Crippen molar-refractivity contribution in [2.24, 2.45) is 0 Å². The first-order valence-corrected chi connectivity index (χ1v) is 10.5. The lowest BCUT2D eigenvalue weighted by atomic mass is 9.77. The molecule has 154 valence electrons. The number of aliphatic hydroxyl groups is 1. The first kappa shape index (κ1) is 21.0. The Bertz CT molecular complexity index is 684. The molecule has 28 heavy (non-hydrogen) atoms. The van der Waals surface area contributed by atoms with Crippen LogP contribution in [0.4, 0.5) is 0 Å². The standard InChI is InChI=1S/C23H34N2O3/c1-16(2)25(22(27)15-28-3)13-20-23(21(14-26)24-20)19-11-9-18(10-12-19)17-7-5-4-6-8-17/h7,9-12,16,20-21,23-24,26H,4-6,8,13-15H2,1-3H3/t20-,21-,23-/m0/s1. The first-order valence-electron chi connectivity index (χ1n) is 10.5. The second-order valence-corrected chi connectivity index (χ2v) is 8.26. The fourth-order valence-corrected chi connectivity index (χ4v) is 4.48. The number of amides is 1. The highest BCUT2D eigenvalue weighted by Gasteiger charge is 2.42. The highest BCUT2D eigenvalue weighted by molar-refractivity contribution is 5.77. The van der Waals surface area contributed by atoms with Crippen molar-refractivity contribution in [3.63, 3.8) is 0 Å². The first-order chi connectivity index (χ1) is 13.5. The van der Waals surface area contributed by atoms with Gasteiger partial charge in [0.05, 0.1) is 6.61 Å². The minimum absolute atomic E-state index is 0.00471. The van der Waals surface area contributed by atoms with E-state index in [4.69, 9.17) is 4.74 Å². The SMILES string of the molecule is COCC(=O)N(C[C@@H]1N[C@@H](CO)[C@H]1c1ccc(C2=CCCCC2)cc1)C(C)C. The molecule has 1 fully saturated rings. The van der Waals surface area contributed by atoms with Gasteiger partial charge in [-0.3, -0.25) is 4.79 Å². The monoisotopic (exact) mass is 386 g/mol. The van der Waals surface area contributed by atoms with Crippen LogP contribution < -0.4 is 5.32 Å². The minimum Gasteiger partial charge on any atom is -0.395 e. The van der Waals surface area contributed by atoms with E-state index in [2.05, 4.69) is 35.7 Å². The normalized spacial score (nSPS) is 24.6. The molecule has 1 saturated heterocycles. The van der Waals surface area contributed by atoms with E-state index in [0.29, 0.717) is 6.54 Å². The molecule has 0 spiro atoms. The molecule has 1 aliphatic carbocycles. The van der Waals surface area contributed by atoms with E-state index in [-0.39, 0.29) is 43.2 Å². The maximum atomic E-state index is 12.4. The average molecular weight is 387 g/mol. The maximum absolute atomic E-state index is 12.4. The highest BCUT2D eigenvalue weighted by Crippen LogP contribution is 2.34. The van der Waals surface area contributed by atoms with Crippen LogP contribution in [0.5, 0.6) is 0 Å². The molecule has 5 heteroatoms. The van der Waals surface area contributed by atoms with E-state index in [0.717, 1.165) is 6.42 Å². The van der Waals surface area contributed by atoms with Crippen molar-refractivity contribution in [2.45, 2.75) is 63.6 Å². The number of aliphatic hydroxyl groups excluding tert-OH is 1. The van der Waals surface area contributed by atoms with E-state index in [1.165, 1.54) is 36.0 Å². The van der Waals surface area contributed by atoms with Crippen molar-refractivity contribution >= 4 is 11.5 Å². The van der Waals surface area contributed by atoms with E-state index < -0.39 is 0 Å². The summed E-state index contributed by atoms with van der Waals surface area (Å²) in [7, 11) is 1.55. The summed E-state index contributed by atoms with van der Waals surface area (Å²) >= 11 is 0. The third kappa shape index (κ3) is 4.65. The Morgan fingerprint density at radius 2 is 2.00 bits per heavy atom. The molecule has 5 nitrogen and oxygen atoms in total. The molecule has 2 N–H and O–H groups in total. The molecule has 1 aliphatic heterocycles. The van der Waals surface area contributed by atoms with Crippen molar-refractivity contribution in [1.82, 2.24) is 10.2 Å². The predicted octanol–water partition coefficient (Wildman–Crippen LogP) is 2.94. The third-order valence-corrected chi connectivity index (χ3v) is 6.05. The van der Waals surface area contributed by atoms with Gasteiger partial charge in [0.2, 0.25) is 5.91 Å². The average Bonchev–Trinajstić information content (AvgIpc) is 2.68. The fourth-order valence-electron chi connectivity index (χ4n) is 4.48. The molecule has 0 aromatic heterocycles. The number of carbonyl (C=O) groups excluding carboxylic acids is 1. The zero-order valence-corrected chi connectivity index (χ0v) is 17.4. The number of hydrogen-bond donors (Lipinski definition) is 2. The van der Waals surface area contributed by atoms with Crippen molar-refractivity contribution in [1.29, 1.82) is 0 Å². The lowest BCUT2D eigenvalue weighted by Crippen LogP contribution is -2.65. The van der Waals surface area contributed by atoms with E-state index in [9.17, 15) is 9.90 Å². The Hall–Kier alpha value is -1.69. The van der Waals surface area contributed by atoms with Gasteiger partial charge in [-0.1, -0.05) is 30.3 Å². The quantitative estimate of drug-likeness (QED) is 0.721. The van der Waals surface area contributed by atoms with Gasteiger partial charge in [0.15, 0.2) is 0 Å². The number of benzene rings is 1. The van der Waals surface area contributed by atoms with Crippen LogP contribution in [0.3, 0.4) is 0 Å². The molecule has 1 aromatic carbocycles. The van der Waals surface area contributed by atoms with E-state index in [1.807, 2.05) is 18.7 Å². The largest absolute Gasteiger partial charge is 0.395 e. The lowest BCUT2D eigenvalue weighted by Gasteiger charge is -2.48. The van der Waals surface area contributed by atoms with Crippen LogP contribution in [0.2, 0.25) is 0 Å². The van der Waals surface area contributed by atoms with Crippen LogP contribution in [0, 0.1) is 0 Å². The van der Waals surface area contributed by atoms with Crippen LogP contribution in [-0.2, 0) is 9.53 Å². The number of hydrogen-bond acceptors (Lipinski definition) is 4. The van der Waals surface area contributed by atoms with Gasteiger partial charge in [0, 0.05) is 37.7 Å². The highest BCUT2D eigenvalue weighted by atomic mass is 16.5. The van der Waals surface area contributed by atoms with Crippen molar-refractivity contribution in [2.75, 3.05) is 26.9 Å². The Kier molecular flexibility index (Phi) is 7.27. The van der Waals surface area contributed by atoms with Gasteiger partial charge < -0.3 is 20.1 Å². The molecule has 0 unspecified atom stereocenters. The van der Waals surface area contributed by atoms with Crippen LogP contribution in [0.15, 0.2) is 30.3 Å². The number of methoxy groups -OCH3 is 1. The second kappa shape index (κ2) is 9.68. The van der Waals surface area contributed by atoms with Crippen molar-refractivity contribution < 1.29 is 14.6 Å². The van der Waals surface area contributed by atoms with Crippen molar-refractivity contribution in [3.05, 3.63) is 41.5 Å². The zero-order chi connectivity index (χ0) is 20.1. The third-order valence-electron chi connectivity index (χ3n) is 6.05. The van der Waals surface area contributed by atoms with E-state index >= 15 is 0 Å². The Balaban J connectivity index is 1.72. The lowest BCUT2D eigenvalue weighted by molar-refractivity contribution is -0.138. The molecule has 1 aromatic rings. The maximum Gasteiger partial charge on any atom is 0.248 e. The van der Waals surface area contributed by atoms with Crippen LogP contribution in [0.25, 0.3) is 5.57 Å². The molecule has 3 atom stereocenters. The number of ether oxygens (including phenoxy) is 1. The number of nitrogens with zero attached hydrogens (tertiary/aromatic N) is 1. The Morgan fingerprint density at radius 3 is 2.57 bits per heavy atom. The van der Waals surface area contributed by atoms with Gasteiger partial charge >= 0.3 is 0 Å². The number of carbonyl (C=O) groups is 1. The summed E-state index contributed by atoms with van der Waals surface area (Å²) < 4.78 is 5.04. The molecule has 3 rings (SSSR count). The van der Waals surface area contributed by atoms with Crippen LogP contribution in [0.1, 0.15) is 56.6 Å². The smallest absolute Gasteiger partial charge is 0.248 e. The summed E-state index contributed by atoms with van der Waals surface area (Å²) in [6.07, 6.45) is 7.28. The molecule has 0 radical (unpaired) electrons. The number of allylic oxidation sites excluding steroid dienone is 2. The molecular weight excluding hydrogens is 352 g/mol. The topological polar surface area (TPSA) is 61.8 Å². The van der Waals surface area contributed by atoms with E-state index in [1.54, 1.807) is 7.11 Å². The molecular formula is C23H34N2O3. The Labute approximate surface area is 168 Å². The summed E-state index contributed by atoms with van der Waals surface area (Å²) in [6, 6.07) is 9.11. The zero-order valence-electron chi connectivity index (χ0n) is 17.4. The van der Waals surface area contributed by atoms with Gasteiger partial charge in [-0.2, -0.15) is 0 Å².